The average Bonchev–Trinajstić information content (AvgIpc) is 2.43. The summed E-state index contributed by atoms with van der Waals surface area (Å²) < 4.78 is 1.90. The van der Waals surface area contributed by atoms with Gasteiger partial charge in [0.1, 0.15) is 0 Å². The summed E-state index contributed by atoms with van der Waals surface area (Å²) >= 11 is 0. The van der Waals surface area contributed by atoms with Crippen molar-refractivity contribution in [2.45, 2.75) is 19.9 Å². The highest BCUT2D eigenvalue weighted by atomic mass is 15.3. The highest BCUT2D eigenvalue weighted by Gasteiger charge is 2.10. The van der Waals surface area contributed by atoms with Crippen molar-refractivity contribution in [2.75, 3.05) is 0 Å². The fraction of sp³-hybridized carbons (Fsp3) is 0.364. The van der Waals surface area contributed by atoms with Gasteiger partial charge in [-0.2, -0.15) is 5.10 Å². The molecule has 0 saturated carbocycles. The predicted molar refractivity (Wildman–Crippen MR) is 58.1 cm³/mol. The molecule has 0 amide bonds. The van der Waals surface area contributed by atoms with Crippen molar-refractivity contribution in [2.24, 2.45) is 12.8 Å². The summed E-state index contributed by atoms with van der Waals surface area (Å²) in [6.07, 6.45) is 0. The molecule has 3 nitrogen and oxygen atoms in total. The summed E-state index contributed by atoms with van der Waals surface area (Å²) in [5, 5.41) is 5.67. The van der Waals surface area contributed by atoms with E-state index in [0.29, 0.717) is 0 Å². The van der Waals surface area contributed by atoms with Crippen LogP contribution in [0.5, 0.6) is 0 Å². The average molecular weight is 189 g/mol. The second-order valence-corrected chi connectivity index (χ2v) is 3.74. The molecule has 2 N–H and O–H groups in total. The Balaban J connectivity index is 2.81. The molecule has 2 aromatic rings. The predicted octanol–water partition coefficient (Wildman–Crippen LogP) is 1.90. The molecule has 0 aliphatic rings. The highest BCUT2D eigenvalue weighted by molar-refractivity contribution is 5.84. The third-order valence-corrected chi connectivity index (χ3v) is 2.68. The number of hydrogen-bond acceptors (Lipinski definition) is 2. The molecule has 0 aliphatic carbocycles. The second-order valence-electron chi connectivity index (χ2n) is 3.74. The summed E-state index contributed by atoms with van der Waals surface area (Å²) in [6.45, 7) is 4.05. The number of rotatable bonds is 1. The summed E-state index contributed by atoms with van der Waals surface area (Å²) in [6, 6.07) is 6.20. The van der Waals surface area contributed by atoms with Gasteiger partial charge in [0.15, 0.2) is 0 Å². The van der Waals surface area contributed by atoms with Gasteiger partial charge in [0.25, 0.3) is 0 Å². The minimum atomic E-state index is 0.0352. The number of fused-ring (bicyclic) bond motifs is 1. The van der Waals surface area contributed by atoms with Gasteiger partial charge in [-0.1, -0.05) is 18.2 Å². The van der Waals surface area contributed by atoms with Gasteiger partial charge in [-0.3, -0.25) is 4.68 Å². The summed E-state index contributed by atoms with van der Waals surface area (Å²) in [4.78, 5) is 0. The normalized spacial score (nSPS) is 13.4. The monoisotopic (exact) mass is 189 g/mol. The van der Waals surface area contributed by atoms with Crippen LogP contribution in [-0.4, -0.2) is 9.78 Å². The molecule has 1 aromatic heterocycles. The SMILES string of the molecule is Cc1c2cccc(C(C)N)c2nn1C. The zero-order valence-electron chi connectivity index (χ0n) is 8.78. The van der Waals surface area contributed by atoms with E-state index < -0.39 is 0 Å². The van der Waals surface area contributed by atoms with Gasteiger partial charge in [-0.15, -0.1) is 0 Å². The zero-order valence-corrected chi connectivity index (χ0v) is 8.78. The topological polar surface area (TPSA) is 43.8 Å². The Kier molecular flexibility index (Phi) is 2.04. The van der Waals surface area contributed by atoms with Crippen LogP contribution in [0.25, 0.3) is 10.9 Å². The van der Waals surface area contributed by atoms with Crippen LogP contribution in [0.15, 0.2) is 18.2 Å². The smallest absolute Gasteiger partial charge is 0.0973 e. The van der Waals surface area contributed by atoms with E-state index in [1.165, 1.54) is 11.1 Å². The lowest BCUT2D eigenvalue weighted by molar-refractivity contribution is 0.745. The first-order valence-electron chi connectivity index (χ1n) is 4.79. The Morgan fingerprint density at radius 1 is 1.43 bits per heavy atom. The summed E-state index contributed by atoms with van der Waals surface area (Å²) in [5.41, 5.74) is 9.22. The molecule has 3 heteroatoms. The quantitative estimate of drug-likeness (QED) is 0.744. The van der Waals surface area contributed by atoms with E-state index in [4.69, 9.17) is 5.73 Å². The highest BCUT2D eigenvalue weighted by Crippen LogP contribution is 2.23. The van der Waals surface area contributed by atoms with Crippen molar-refractivity contribution < 1.29 is 0 Å². The minimum absolute atomic E-state index is 0.0352. The van der Waals surface area contributed by atoms with Crippen molar-refractivity contribution in [1.82, 2.24) is 9.78 Å². The summed E-state index contributed by atoms with van der Waals surface area (Å²) in [5.74, 6) is 0. The molecule has 0 radical (unpaired) electrons. The van der Waals surface area contributed by atoms with E-state index in [1.807, 2.05) is 30.8 Å². The summed E-state index contributed by atoms with van der Waals surface area (Å²) in [7, 11) is 1.96. The van der Waals surface area contributed by atoms with Gasteiger partial charge in [-0.25, -0.2) is 0 Å². The molecule has 2 rings (SSSR count). The molecule has 0 aliphatic heterocycles. The number of nitrogens with zero attached hydrogens (tertiary/aromatic N) is 2. The molecule has 1 unspecified atom stereocenters. The van der Waals surface area contributed by atoms with E-state index in [1.54, 1.807) is 0 Å². The van der Waals surface area contributed by atoms with E-state index in [2.05, 4.69) is 18.1 Å². The lowest BCUT2D eigenvalue weighted by Crippen LogP contribution is -2.05. The Hall–Kier alpha value is -1.35. The van der Waals surface area contributed by atoms with Crippen LogP contribution in [-0.2, 0) is 7.05 Å². The minimum Gasteiger partial charge on any atom is -0.324 e. The van der Waals surface area contributed by atoms with Crippen molar-refractivity contribution in [1.29, 1.82) is 0 Å². The van der Waals surface area contributed by atoms with Crippen LogP contribution in [0.2, 0.25) is 0 Å². The zero-order chi connectivity index (χ0) is 10.3. The molecular formula is C11H15N3. The molecule has 1 atom stereocenters. The molecule has 1 aromatic carbocycles. The Morgan fingerprint density at radius 3 is 2.79 bits per heavy atom. The van der Waals surface area contributed by atoms with Gasteiger partial charge in [-0.05, 0) is 19.4 Å². The van der Waals surface area contributed by atoms with Crippen LogP contribution in [0.3, 0.4) is 0 Å². The largest absolute Gasteiger partial charge is 0.324 e. The van der Waals surface area contributed by atoms with E-state index in [0.717, 1.165) is 11.1 Å². The Bertz CT molecular complexity index is 469. The first kappa shape index (κ1) is 9.21. The number of hydrogen-bond donors (Lipinski definition) is 1. The van der Waals surface area contributed by atoms with Crippen LogP contribution in [0.4, 0.5) is 0 Å². The van der Waals surface area contributed by atoms with Crippen molar-refractivity contribution in [3.8, 4) is 0 Å². The molecule has 0 saturated heterocycles. The molecule has 1 heterocycles. The van der Waals surface area contributed by atoms with E-state index >= 15 is 0 Å². The first-order chi connectivity index (χ1) is 6.61. The number of nitrogens with two attached hydrogens (primary N) is 1. The first-order valence-corrected chi connectivity index (χ1v) is 4.79. The van der Waals surface area contributed by atoms with Crippen LogP contribution < -0.4 is 5.73 Å². The maximum atomic E-state index is 5.89. The molecule has 14 heavy (non-hydrogen) atoms. The van der Waals surface area contributed by atoms with Gasteiger partial charge < -0.3 is 5.73 Å². The molecule has 0 bridgehead atoms. The van der Waals surface area contributed by atoms with Crippen LogP contribution in [0.1, 0.15) is 24.2 Å². The van der Waals surface area contributed by atoms with E-state index in [9.17, 15) is 0 Å². The molecule has 0 fully saturated rings. The number of aryl methyl sites for hydroxylation is 2. The van der Waals surface area contributed by atoms with E-state index in [-0.39, 0.29) is 6.04 Å². The van der Waals surface area contributed by atoms with Gasteiger partial charge >= 0.3 is 0 Å². The van der Waals surface area contributed by atoms with Crippen molar-refractivity contribution in [3.63, 3.8) is 0 Å². The molecular weight excluding hydrogens is 174 g/mol. The lowest BCUT2D eigenvalue weighted by atomic mass is 10.1. The standard InChI is InChI=1S/C11H15N3/c1-7(12)9-5-4-6-10-8(2)14(3)13-11(9)10/h4-7H,12H2,1-3H3. The maximum Gasteiger partial charge on any atom is 0.0973 e. The molecule has 0 spiro atoms. The number of aromatic nitrogens is 2. The van der Waals surface area contributed by atoms with Gasteiger partial charge in [0.2, 0.25) is 0 Å². The maximum absolute atomic E-state index is 5.89. The van der Waals surface area contributed by atoms with Gasteiger partial charge in [0.05, 0.1) is 5.52 Å². The fourth-order valence-electron chi connectivity index (χ4n) is 1.73. The van der Waals surface area contributed by atoms with Gasteiger partial charge in [0, 0.05) is 24.2 Å². The Morgan fingerprint density at radius 2 is 2.14 bits per heavy atom. The van der Waals surface area contributed by atoms with Crippen LogP contribution in [0, 0.1) is 6.92 Å². The number of benzene rings is 1. The second kappa shape index (κ2) is 3.10. The van der Waals surface area contributed by atoms with Crippen molar-refractivity contribution in [3.05, 3.63) is 29.5 Å². The Labute approximate surface area is 83.5 Å². The van der Waals surface area contributed by atoms with Crippen molar-refractivity contribution >= 4 is 10.9 Å². The third kappa shape index (κ3) is 1.21. The lowest BCUT2D eigenvalue weighted by Gasteiger charge is -2.05. The fourth-order valence-corrected chi connectivity index (χ4v) is 1.73. The van der Waals surface area contributed by atoms with Crippen LogP contribution >= 0.6 is 0 Å². The molecule has 74 valence electrons. The third-order valence-electron chi connectivity index (χ3n) is 2.68.